The fourth-order valence-corrected chi connectivity index (χ4v) is 3.23. The number of benzene rings is 2. The average molecular weight is 274 g/mol. The molecule has 0 aliphatic heterocycles. The van der Waals surface area contributed by atoms with Gasteiger partial charge in [-0.05, 0) is 24.3 Å². The van der Waals surface area contributed by atoms with Crippen LogP contribution < -0.4 is 0 Å². The van der Waals surface area contributed by atoms with Crippen LogP contribution in [0.25, 0.3) is 0 Å². The lowest BCUT2D eigenvalue weighted by molar-refractivity contribution is 0.111. The molecule has 18 heavy (non-hydrogen) atoms. The second kappa shape index (κ2) is 6.42. The maximum Gasteiger partial charge on any atom is 0.150 e. The zero-order valence-corrected chi connectivity index (χ0v) is 11.0. The highest BCUT2D eigenvalue weighted by Crippen LogP contribution is 2.37. The van der Waals surface area contributed by atoms with Crippen molar-refractivity contribution in [3.8, 4) is 0 Å². The molecule has 0 radical (unpaired) electrons. The minimum atomic E-state index is 0.680. The third-order valence-electron chi connectivity index (χ3n) is 2.27. The third-order valence-corrected chi connectivity index (χ3v) is 4.68. The fraction of sp³-hybridized carbons (Fsp3) is 0. The van der Waals surface area contributed by atoms with Crippen molar-refractivity contribution in [3.63, 3.8) is 0 Å². The van der Waals surface area contributed by atoms with E-state index >= 15 is 0 Å². The molecule has 0 fully saturated rings. The maximum absolute atomic E-state index is 10.5. The smallest absolute Gasteiger partial charge is 0.150 e. The van der Waals surface area contributed by atoms with E-state index in [1.807, 2.05) is 24.3 Å². The van der Waals surface area contributed by atoms with Gasteiger partial charge in [-0.3, -0.25) is 9.59 Å². The van der Waals surface area contributed by atoms with E-state index in [0.717, 1.165) is 22.4 Å². The molecule has 2 aromatic rings. The highest BCUT2D eigenvalue weighted by atomic mass is 33.1. The molecule has 0 spiro atoms. The first-order valence-corrected chi connectivity index (χ1v) is 7.42. The molecule has 2 rings (SSSR count). The van der Waals surface area contributed by atoms with Gasteiger partial charge in [0.25, 0.3) is 0 Å². The van der Waals surface area contributed by atoms with E-state index in [1.54, 1.807) is 45.9 Å². The average Bonchev–Trinajstić information content (AvgIpc) is 2.46. The summed E-state index contributed by atoms with van der Waals surface area (Å²) in [5.41, 5.74) is 1.36. The van der Waals surface area contributed by atoms with E-state index in [4.69, 9.17) is 0 Å². The van der Waals surface area contributed by atoms with Gasteiger partial charge >= 0.3 is 0 Å². The molecule has 0 saturated heterocycles. The van der Waals surface area contributed by atoms with Gasteiger partial charge in [0.15, 0.2) is 0 Å². The monoisotopic (exact) mass is 274 g/mol. The summed E-state index contributed by atoms with van der Waals surface area (Å²) in [6.07, 6.45) is 1.67. The Kier molecular flexibility index (Phi) is 4.61. The topological polar surface area (TPSA) is 34.1 Å². The second-order valence-corrected chi connectivity index (χ2v) is 5.82. The van der Waals surface area contributed by atoms with Gasteiger partial charge in [-0.2, -0.15) is 0 Å². The summed E-state index contributed by atoms with van der Waals surface area (Å²) in [5.74, 6) is 0. The van der Waals surface area contributed by atoms with Gasteiger partial charge in [0.2, 0.25) is 0 Å². The van der Waals surface area contributed by atoms with E-state index in [0.29, 0.717) is 11.1 Å². The molecule has 0 aromatic heterocycles. The Bertz CT molecular complexity index is 481. The summed E-state index contributed by atoms with van der Waals surface area (Å²) in [4.78, 5) is 23.2. The largest absolute Gasteiger partial charge is 0.298 e. The molecule has 0 amide bonds. The van der Waals surface area contributed by atoms with E-state index in [-0.39, 0.29) is 0 Å². The van der Waals surface area contributed by atoms with Crippen LogP contribution in [0, 0.1) is 0 Å². The number of aldehydes is 2. The summed E-state index contributed by atoms with van der Waals surface area (Å²) >= 11 is 0. The summed E-state index contributed by atoms with van der Waals surface area (Å²) < 4.78 is 0. The Morgan fingerprint density at radius 2 is 0.944 bits per heavy atom. The maximum atomic E-state index is 10.5. The van der Waals surface area contributed by atoms with E-state index in [2.05, 4.69) is 0 Å². The first-order valence-electron chi connectivity index (χ1n) is 5.27. The molecule has 0 heterocycles. The number of carbonyl (C=O) groups excluding carboxylic acids is 2. The molecular formula is C14H10O2S2. The van der Waals surface area contributed by atoms with Crippen molar-refractivity contribution in [3.05, 3.63) is 59.7 Å². The van der Waals surface area contributed by atoms with Crippen molar-refractivity contribution >= 4 is 34.2 Å². The van der Waals surface area contributed by atoms with Crippen LogP contribution in [-0.4, -0.2) is 12.6 Å². The Balaban J connectivity index is 1.97. The molecule has 0 unspecified atom stereocenters. The minimum Gasteiger partial charge on any atom is -0.298 e. The van der Waals surface area contributed by atoms with Crippen molar-refractivity contribution in [1.29, 1.82) is 0 Å². The second-order valence-electron chi connectivity index (χ2n) is 3.54. The molecule has 0 aliphatic carbocycles. The molecule has 0 atom stereocenters. The Hall–Kier alpha value is -1.52. The summed E-state index contributed by atoms with van der Waals surface area (Å²) in [6.45, 7) is 0. The lowest BCUT2D eigenvalue weighted by atomic mass is 10.2. The quantitative estimate of drug-likeness (QED) is 0.607. The van der Waals surface area contributed by atoms with Crippen molar-refractivity contribution in [2.24, 2.45) is 0 Å². The van der Waals surface area contributed by atoms with Crippen LogP contribution in [0.4, 0.5) is 0 Å². The van der Waals surface area contributed by atoms with Crippen LogP contribution in [0.1, 0.15) is 20.7 Å². The molecule has 2 aromatic carbocycles. The number of hydrogen-bond donors (Lipinski definition) is 0. The van der Waals surface area contributed by atoms with Crippen molar-refractivity contribution in [2.45, 2.75) is 9.79 Å². The van der Waals surface area contributed by atoms with Crippen LogP contribution in [0.5, 0.6) is 0 Å². The molecule has 0 N–H and O–H groups in total. The molecule has 2 nitrogen and oxygen atoms in total. The highest BCUT2D eigenvalue weighted by molar-refractivity contribution is 8.76. The first-order chi connectivity index (χ1) is 8.81. The van der Waals surface area contributed by atoms with Crippen molar-refractivity contribution in [2.75, 3.05) is 0 Å². The normalized spacial score (nSPS) is 10.0. The standard InChI is InChI=1S/C14H10O2S2/c15-9-11-1-5-13(6-2-11)17-18-14-7-3-12(10-16)4-8-14/h1-10H. The molecule has 0 aliphatic rings. The van der Waals surface area contributed by atoms with Gasteiger partial charge < -0.3 is 0 Å². The Morgan fingerprint density at radius 3 is 1.22 bits per heavy atom. The lowest BCUT2D eigenvalue weighted by Crippen LogP contribution is -1.78. The highest BCUT2D eigenvalue weighted by Gasteiger charge is 1.98. The van der Waals surface area contributed by atoms with Crippen LogP contribution in [0.2, 0.25) is 0 Å². The van der Waals surface area contributed by atoms with Gasteiger partial charge in [-0.25, -0.2) is 0 Å². The first kappa shape index (κ1) is 12.9. The summed E-state index contributed by atoms with van der Waals surface area (Å²) in [7, 11) is 3.24. The number of carbonyl (C=O) groups is 2. The Morgan fingerprint density at radius 1 is 0.611 bits per heavy atom. The van der Waals surface area contributed by atoms with E-state index < -0.39 is 0 Å². The summed E-state index contributed by atoms with van der Waals surface area (Å²) in [6, 6.07) is 14.9. The van der Waals surface area contributed by atoms with E-state index in [1.165, 1.54) is 0 Å². The molecule has 4 heteroatoms. The molecule has 90 valence electrons. The Labute approximate surface area is 113 Å². The SMILES string of the molecule is O=Cc1ccc(SSc2ccc(C=O)cc2)cc1. The van der Waals surface area contributed by atoms with Gasteiger partial charge in [0, 0.05) is 20.9 Å². The van der Waals surface area contributed by atoms with Gasteiger partial charge in [0.1, 0.15) is 12.6 Å². The third kappa shape index (κ3) is 3.48. The minimum absolute atomic E-state index is 0.680. The number of hydrogen-bond acceptors (Lipinski definition) is 4. The summed E-state index contributed by atoms with van der Waals surface area (Å²) in [5, 5.41) is 0. The van der Waals surface area contributed by atoms with Gasteiger partial charge in [-0.15, -0.1) is 0 Å². The number of rotatable bonds is 5. The van der Waals surface area contributed by atoms with Crippen LogP contribution in [-0.2, 0) is 0 Å². The zero-order valence-electron chi connectivity index (χ0n) is 9.41. The van der Waals surface area contributed by atoms with Crippen molar-refractivity contribution < 1.29 is 9.59 Å². The predicted molar refractivity (Wildman–Crippen MR) is 75.4 cm³/mol. The van der Waals surface area contributed by atoms with E-state index in [9.17, 15) is 9.59 Å². The van der Waals surface area contributed by atoms with Gasteiger partial charge in [-0.1, -0.05) is 45.9 Å². The van der Waals surface area contributed by atoms with Gasteiger partial charge in [0.05, 0.1) is 0 Å². The van der Waals surface area contributed by atoms with Crippen molar-refractivity contribution in [1.82, 2.24) is 0 Å². The predicted octanol–water partition coefficient (Wildman–Crippen LogP) is 4.11. The van der Waals surface area contributed by atoms with Crippen LogP contribution in [0.3, 0.4) is 0 Å². The molecule has 0 saturated carbocycles. The molecular weight excluding hydrogens is 264 g/mol. The zero-order chi connectivity index (χ0) is 12.8. The lowest BCUT2D eigenvalue weighted by Gasteiger charge is -2.01. The van der Waals surface area contributed by atoms with Crippen LogP contribution >= 0.6 is 21.6 Å². The fourth-order valence-electron chi connectivity index (χ4n) is 1.30. The molecule has 0 bridgehead atoms. The van der Waals surface area contributed by atoms with Crippen LogP contribution in [0.15, 0.2) is 58.3 Å².